The van der Waals surface area contributed by atoms with Gasteiger partial charge in [0, 0.05) is 23.7 Å². The molecule has 0 atom stereocenters. The van der Waals surface area contributed by atoms with Crippen molar-refractivity contribution in [2.45, 2.75) is 38.4 Å². The molecule has 1 amide bonds. The number of nitrogens with one attached hydrogen (secondary N) is 1. The molecule has 2 aromatic heterocycles. The quantitative estimate of drug-likeness (QED) is 0.390. The van der Waals surface area contributed by atoms with Crippen molar-refractivity contribution in [3.8, 4) is 17.1 Å². The van der Waals surface area contributed by atoms with E-state index in [1.165, 1.54) is 23.1 Å². The molecule has 0 aliphatic carbocycles. The first kappa shape index (κ1) is 20.3. The maximum Gasteiger partial charge on any atom is 0.236 e. The Bertz CT molecular complexity index is 878. The summed E-state index contributed by atoms with van der Waals surface area (Å²) in [6.07, 6.45) is 3.82. The molecule has 9 heteroatoms. The summed E-state index contributed by atoms with van der Waals surface area (Å²) in [5.74, 6) is 1.78. The first-order valence-corrected chi connectivity index (χ1v) is 11.1. The van der Waals surface area contributed by atoms with Crippen LogP contribution in [0.3, 0.4) is 0 Å². The summed E-state index contributed by atoms with van der Waals surface area (Å²) in [7, 11) is 0. The van der Waals surface area contributed by atoms with Crippen LogP contribution in [0.1, 0.15) is 26.7 Å². The summed E-state index contributed by atoms with van der Waals surface area (Å²) in [4.78, 5) is 16.1. The van der Waals surface area contributed by atoms with Crippen LogP contribution in [-0.2, 0) is 11.3 Å². The molecule has 0 radical (unpaired) electrons. The standard InChI is InChI=1S/C19H23N5O2S2/c1-3-5-11-26-15-8-6-14(7-9-15)17-22-23-19(24(17)4-2)28-13-16(25)21-18-20-10-12-27-18/h6-10,12H,3-5,11,13H2,1-2H3,(H,20,21,25). The lowest BCUT2D eigenvalue weighted by Gasteiger charge is -2.09. The highest BCUT2D eigenvalue weighted by molar-refractivity contribution is 7.99. The van der Waals surface area contributed by atoms with Crippen molar-refractivity contribution in [1.82, 2.24) is 19.7 Å². The Morgan fingerprint density at radius 2 is 2.07 bits per heavy atom. The Morgan fingerprint density at radius 3 is 2.75 bits per heavy atom. The molecule has 0 aliphatic rings. The zero-order chi connectivity index (χ0) is 19.8. The zero-order valence-corrected chi connectivity index (χ0v) is 17.6. The molecule has 0 unspecified atom stereocenters. The summed E-state index contributed by atoms with van der Waals surface area (Å²) < 4.78 is 7.72. The van der Waals surface area contributed by atoms with E-state index in [9.17, 15) is 4.79 Å². The van der Waals surface area contributed by atoms with Gasteiger partial charge >= 0.3 is 0 Å². The third-order valence-corrected chi connectivity index (χ3v) is 5.58. The van der Waals surface area contributed by atoms with Crippen molar-refractivity contribution in [2.75, 3.05) is 17.7 Å². The molecule has 7 nitrogen and oxygen atoms in total. The van der Waals surface area contributed by atoms with Crippen LogP contribution < -0.4 is 10.1 Å². The number of rotatable bonds is 10. The molecule has 28 heavy (non-hydrogen) atoms. The average molecular weight is 418 g/mol. The molecule has 1 aromatic carbocycles. The maximum atomic E-state index is 12.1. The molecule has 2 heterocycles. The van der Waals surface area contributed by atoms with Crippen LogP contribution in [0.4, 0.5) is 5.13 Å². The summed E-state index contributed by atoms with van der Waals surface area (Å²) in [6, 6.07) is 7.88. The van der Waals surface area contributed by atoms with Crippen LogP contribution in [-0.4, -0.2) is 38.0 Å². The maximum absolute atomic E-state index is 12.1. The Morgan fingerprint density at radius 1 is 1.25 bits per heavy atom. The molecule has 0 saturated heterocycles. The second-order valence-corrected chi connectivity index (χ2v) is 7.79. The van der Waals surface area contributed by atoms with E-state index in [4.69, 9.17) is 4.74 Å². The average Bonchev–Trinajstić information content (AvgIpc) is 3.36. The minimum atomic E-state index is -0.110. The number of thiazole rings is 1. The topological polar surface area (TPSA) is 81.9 Å². The summed E-state index contributed by atoms with van der Waals surface area (Å²) in [5, 5.41) is 14.5. The third kappa shape index (κ3) is 5.32. The van der Waals surface area contributed by atoms with Crippen LogP contribution >= 0.6 is 23.1 Å². The fourth-order valence-electron chi connectivity index (χ4n) is 2.50. The number of unbranched alkanes of at least 4 members (excludes halogenated alkanes) is 1. The Kier molecular flexibility index (Phi) is 7.44. The highest BCUT2D eigenvalue weighted by atomic mass is 32.2. The highest BCUT2D eigenvalue weighted by Crippen LogP contribution is 2.26. The van der Waals surface area contributed by atoms with Crippen molar-refractivity contribution in [3.05, 3.63) is 35.8 Å². The van der Waals surface area contributed by atoms with Gasteiger partial charge in [0.05, 0.1) is 12.4 Å². The largest absolute Gasteiger partial charge is 0.494 e. The number of benzene rings is 1. The van der Waals surface area contributed by atoms with Crippen LogP contribution in [0.25, 0.3) is 11.4 Å². The Balaban J connectivity index is 1.63. The number of nitrogens with zero attached hydrogens (tertiary/aromatic N) is 4. The van der Waals surface area contributed by atoms with Crippen LogP contribution in [0.5, 0.6) is 5.75 Å². The number of carbonyl (C=O) groups excluding carboxylic acids is 1. The van der Waals surface area contributed by atoms with Crippen LogP contribution in [0.2, 0.25) is 0 Å². The second-order valence-electron chi connectivity index (χ2n) is 5.95. The summed E-state index contributed by atoms with van der Waals surface area (Å²) in [6.45, 7) is 5.62. The van der Waals surface area contributed by atoms with Gasteiger partial charge in [0.15, 0.2) is 16.1 Å². The lowest BCUT2D eigenvalue weighted by atomic mass is 10.2. The summed E-state index contributed by atoms with van der Waals surface area (Å²) in [5.41, 5.74) is 0.969. The number of carbonyl (C=O) groups is 1. The van der Waals surface area contributed by atoms with Gasteiger partial charge in [-0.15, -0.1) is 21.5 Å². The van der Waals surface area contributed by atoms with E-state index in [1.807, 2.05) is 41.1 Å². The van der Waals surface area contributed by atoms with Crippen molar-refractivity contribution < 1.29 is 9.53 Å². The summed E-state index contributed by atoms with van der Waals surface area (Å²) >= 11 is 2.76. The first-order valence-electron chi connectivity index (χ1n) is 9.19. The fourth-order valence-corrected chi connectivity index (χ4v) is 3.85. The van der Waals surface area contributed by atoms with Crippen molar-refractivity contribution in [2.24, 2.45) is 0 Å². The number of amides is 1. The molecule has 148 valence electrons. The minimum absolute atomic E-state index is 0.110. The number of hydrogen-bond acceptors (Lipinski definition) is 7. The third-order valence-electron chi connectivity index (χ3n) is 3.92. The first-order chi connectivity index (χ1) is 13.7. The molecular weight excluding hydrogens is 394 g/mol. The molecule has 0 bridgehead atoms. The Hall–Kier alpha value is -2.39. The van der Waals surface area contributed by atoms with Crippen LogP contribution in [0, 0.1) is 0 Å². The van der Waals surface area contributed by atoms with E-state index in [0.717, 1.165) is 41.7 Å². The molecule has 3 rings (SSSR count). The molecule has 0 fully saturated rings. The lowest BCUT2D eigenvalue weighted by Crippen LogP contribution is -2.14. The van der Waals surface area contributed by atoms with Gasteiger partial charge in [-0.1, -0.05) is 25.1 Å². The van der Waals surface area contributed by atoms with E-state index < -0.39 is 0 Å². The molecule has 0 spiro atoms. The number of thioether (sulfide) groups is 1. The van der Waals surface area contributed by atoms with Gasteiger partial charge in [-0.25, -0.2) is 4.98 Å². The van der Waals surface area contributed by atoms with E-state index in [0.29, 0.717) is 11.7 Å². The number of anilines is 1. The Labute approximate surface area is 172 Å². The smallest absolute Gasteiger partial charge is 0.236 e. The monoisotopic (exact) mass is 417 g/mol. The SMILES string of the molecule is CCCCOc1ccc(-c2nnc(SCC(=O)Nc3nccs3)n2CC)cc1. The molecular formula is C19H23N5O2S2. The van der Waals surface area contributed by atoms with E-state index in [-0.39, 0.29) is 11.7 Å². The minimum Gasteiger partial charge on any atom is -0.494 e. The molecule has 3 aromatic rings. The molecule has 0 saturated carbocycles. The van der Waals surface area contributed by atoms with Gasteiger partial charge in [0.1, 0.15) is 5.75 Å². The van der Waals surface area contributed by atoms with E-state index >= 15 is 0 Å². The zero-order valence-electron chi connectivity index (χ0n) is 15.9. The predicted octanol–water partition coefficient (Wildman–Crippen LogP) is 4.33. The van der Waals surface area contributed by atoms with E-state index in [1.54, 1.807) is 6.20 Å². The van der Waals surface area contributed by atoms with Crippen molar-refractivity contribution in [3.63, 3.8) is 0 Å². The van der Waals surface area contributed by atoms with Gasteiger partial charge < -0.3 is 14.6 Å². The normalized spacial score (nSPS) is 10.8. The molecule has 0 aliphatic heterocycles. The number of aromatic nitrogens is 4. The van der Waals surface area contributed by atoms with Gasteiger partial charge in [-0.2, -0.15) is 0 Å². The van der Waals surface area contributed by atoms with Crippen LogP contribution in [0.15, 0.2) is 41.0 Å². The molecule has 1 N–H and O–H groups in total. The number of hydrogen-bond donors (Lipinski definition) is 1. The number of ether oxygens (including phenoxy) is 1. The fraction of sp³-hybridized carbons (Fsp3) is 0.368. The van der Waals surface area contributed by atoms with Crippen molar-refractivity contribution in [1.29, 1.82) is 0 Å². The van der Waals surface area contributed by atoms with Gasteiger partial charge in [-0.05, 0) is 37.6 Å². The van der Waals surface area contributed by atoms with Gasteiger partial charge in [0.25, 0.3) is 0 Å². The van der Waals surface area contributed by atoms with Crippen molar-refractivity contribution >= 4 is 34.1 Å². The highest BCUT2D eigenvalue weighted by Gasteiger charge is 2.15. The van der Waals surface area contributed by atoms with Gasteiger partial charge in [0.2, 0.25) is 5.91 Å². The van der Waals surface area contributed by atoms with E-state index in [2.05, 4.69) is 27.4 Å². The lowest BCUT2D eigenvalue weighted by molar-refractivity contribution is -0.113. The second kappa shape index (κ2) is 10.2. The van der Waals surface area contributed by atoms with Gasteiger partial charge in [-0.3, -0.25) is 4.79 Å². The predicted molar refractivity (Wildman–Crippen MR) is 113 cm³/mol.